The Labute approximate surface area is 142 Å². The number of carbonyl (C=O) groups excluding carboxylic acids is 1. The summed E-state index contributed by atoms with van der Waals surface area (Å²) in [6, 6.07) is 10.3. The Hall–Kier alpha value is -2.18. The number of ether oxygens (including phenoxy) is 1. The third-order valence-corrected chi connectivity index (χ3v) is 4.37. The molecule has 0 aliphatic carbocycles. The van der Waals surface area contributed by atoms with Gasteiger partial charge in [-0.2, -0.15) is 5.10 Å². The van der Waals surface area contributed by atoms with E-state index in [1.165, 1.54) is 11.1 Å². The zero-order chi connectivity index (χ0) is 16.9. The average molecular weight is 328 g/mol. The van der Waals surface area contributed by atoms with Gasteiger partial charge in [0.2, 0.25) is 0 Å². The van der Waals surface area contributed by atoms with E-state index in [-0.39, 0.29) is 5.91 Å². The number of H-pyrrole nitrogens is 1. The topological polar surface area (TPSA) is 70.2 Å². The first-order valence-electron chi connectivity index (χ1n) is 8.31. The maximum Gasteiger partial charge on any atom is 0.256 e. The van der Waals surface area contributed by atoms with Gasteiger partial charge in [-0.3, -0.25) is 9.89 Å². The van der Waals surface area contributed by atoms with Crippen LogP contribution in [0.25, 0.3) is 0 Å². The lowest BCUT2D eigenvalue weighted by Crippen LogP contribution is -2.46. The van der Waals surface area contributed by atoms with Gasteiger partial charge in [0, 0.05) is 24.8 Å². The molecule has 24 heavy (non-hydrogen) atoms. The quantitative estimate of drug-likeness (QED) is 0.878. The number of carbonyl (C=O) groups is 1. The molecule has 3 rings (SSSR count). The standard InChI is InChI=1S/C18H24N4O2/c1-13-5-3-4-6-14(13)7-8-15-11-17(21-20-15)19-18(23)16-12-22(2)9-10-24-16/h3-6,11,16H,7-10,12H2,1-2H3,(H2,19,20,21,23). The summed E-state index contributed by atoms with van der Waals surface area (Å²) in [6.07, 6.45) is 1.37. The Balaban J connectivity index is 1.53. The number of rotatable bonds is 5. The molecule has 0 radical (unpaired) electrons. The van der Waals surface area contributed by atoms with Crippen molar-refractivity contribution in [1.82, 2.24) is 15.1 Å². The van der Waals surface area contributed by atoms with Gasteiger partial charge < -0.3 is 15.0 Å². The summed E-state index contributed by atoms with van der Waals surface area (Å²) in [5.74, 6) is 0.412. The second kappa shape index (κ2) is 7.59. The van der Waals surface area contributed by atoms with Crippen molar-refractivity contribution < 1.29 is 9.53 Å². The van der Waals surface area contributed by atoms with Crippen molar-refractivity contribution >= 4 is 11.7 Å². The van der Waals surface area contributed by atoms with Crippen LogP contribution in [0.4, 0.5) is 5.82 Å². The fourth-order valence-corrected chi connectivity index (χ4v) is 2.86. The van der Waals surface area contributed by atoms with E-state index in [2.05, 4.69) is 45.5 Å². The number of hydrogen-bond acceptors (Lipinski definition) is 4. The lowest BCUT2D eigenvalue weighted by Gasteiger charge is -2.28. The summed E-state index contributed by atoms with van der Waals surface area (Å²) in [5.41, 5.74) is 3.63. The van der Waals surface area contributed by atoms with E-state index in [1.54, 1.807) is 0 Å². The SMILES string of the molecule is Cc1ccccc1CCc1cc(NC(=O)C2CN(C)CCO2)n[nH]1. The summed E-state index contributed by atoms with van der Waals surface area (Å²) in [4.78, 5) is 14.3. The number of amides is 1. The monoisotopic (exact) mass is 328 g/mol. The fourth-order valence-electron chi connectivity index (χ4n) is 2.86. The van der Waals surface area contributed by atoms with E-state index < -0.39 is 6.10 Å². The van der Waals surface area contributed by atoms with E-state index in [0.717, 1.165) is 25.1 Å². The lowest BCUT2D eigenvalue weighted by molar-refractivity contribution is -0.132. The maximum absolute atomic E-state index is 12.2. The number of nitrogens with zero attached hydrogens (tertiary/aromatic N) is 2. The van der Waals surface area contributed by atoms with E-state index in [4.69, 9.17) is 4.74 Å². The molecule has 2 heterocycles. The number of benzene rings is 1. The molecule has 1 fully saturated rings. The summed E-state index contributed by atoms with van der Waals surface area (Å²) in [7, 11) is 1.99. The molecule has 2 N–H and O–H groups in total. The normalized spacial score (nSPS) is 18.5. The second-order valence-corrected chi connectivity index (χ2v) is 6.32. The van der Waals surface area contributed by atoms with Crippen LogP contribution in [0.2, 0.25) is 0 Å². The third-order valence-electron chi connectivity index (χ3n) is 4.37. The molecule has 0 saturated carbocycles. The Morgan fingerprint density at radius 1 is 1.42 bits per heavy atom. The smallest absolute Gasteiger partial charge is 0.256 e. The second-order valence-electron chi connectivity index (χ2n) is 6.32. The van der Waals surface area contributed by atoms with Crippen molar-refractivity contribution in [3.05, 3.63) is 47.2 Å². The largest absolute Gasteiger partial charge is 0.366 e. The number of anilines is 1. The van der Waals surface area contributed by atoms with Crippen molar-refractivity contribution in [2.45, 2.75) is 25.9 Å². The highest BCUT2D eigenvalue weighted by atomic mass is 16.5. The molecular formula is C18H24N4O2. The highest BCUT2D eigenvalue weighted by Crippen LogP contribution is 2.13. The van der Waals surface area contributed by atoms with Crippen molar-refractivity contribution in [3.8, 4) is 0 Å². The summed E-state index contributed by atoms with van der Waals surface area (Å²) in [5, 5.41) is 10.0. The van der Waals surface area contributed by atoms with Gasteiger partial charge in [0.1, 0.15) is 6.10 Å². The molecule has 1 aliphatic rings. The van der Waals surface area contributed by atoms with Gasteiger partial charge in [0.25, 0.3) is 5.91 Å². The van der Waals surface area contributed by atoms with Crippen LogP contribution in [-0.2, 0) is 22.4 Å². The van der Waals surface area contributed by atoms with Crippen LogP contribution in [0, 0.1) is 6.92 Å². The fraction of sp³-hybridized carbons (Fsp3) is 0.444. The summed E-state index contributed by atoms with van der Waals surface area (Å²) < 4.78 is 5.52. The van der Waals surface area contributed by atoms with E-state index in [1.807, 2.05) is 19.2 Å². The van der Waals surface area contributed by atoms with Gasteiger partial charge in [0.15, 0.2) is 5.82 Å². The molecule has 1 amide bonds. The number of nitrogens with one attached hydrogen (secondary N) is 2. The lowest BCUT2D eigenvalue weighted by atomic mass is 10.0. The minimum absolute atomic E-state index is 0.140. The predicted molar refractivity (Wildman–Crippen MR) is 93.0 cm³/mol. The molecule has 6 nitrogen and oxygen atoms in total. The average Bonchev–Trinajstić information content (AvgIpc) is 3.01. The summed E-state index contributed by atoms with van der Waals surface area (Å²) in [6.45, 7) is 4.16. The minimum atomic E-state index is -0.434. The molecule has 1 aromatic carbocycles. The van der Waals surface area contributed by atoms with E-state index in [0.29, 0.717) is 19.0 Å². The molecule has 1 aromatic heterocycles. The van der Waals surface area contributed by atoms with Crippen LogP contribution in [0.5, 0.6) is 0 Å². The minimum Gasteiger partial charge on any atom is -0.366 e. The zero-order valence-electron chi connectivity index (χ0n) is 14.2. The number of morpholine rings is 1. The number of aromatic nitrogens is 2. The van der Waals surface area contributed by atoms with Crippen molar-refractivity contribution in [3.63, 3.8) is 0 Å². The van der Waals surface area contributed by atoms with Crippen LogP contribution >= 0.6 is 0 Å². The first-order valence-corrected chi connectivity index (χ1v) is 8.31. The van der Waals surface area contributed by atoms with Gasteiger partial charge >= 0.3 is 0 Å². The number of aromatic amines is 1. The molecule has 0 spiro atoms. The van der Waals surface area contributed by atoms with Crippen molar-refractivity contribution in [1.29, 1.82) is 0 Å². The van der Waals surface area contributed by atoms with E-state index >= 15 is 0 Å². The van der Waals surface area contributed by atoms with Crippen LogP contribution in [-0.4, -0.2) is 53.9 Å². The molecule has 1 aliphatic heterocycles. The van der Waals surface area contributed by atoms with Gasteiger partial charge in [-0.05, 0) is 37.9 Å². The molecular weight excluding hydrogens is 304 g/mol. The molecule has 0 bridgehead atoms. The Morgan fingerprint density at radius 3 is 3.04 bits per heavy atom. The molecule has 128 valence electrons. The maximum atomic E-state index is 12.2. The van der Waals surface area contributed by atoms with Gasteiger partial charge in [0.05, 0.1) is 6.61 Å². The first-order chi connectivity index (χ1) is 11.6. The summed E-state index contributed by atoms with van der Waals surface area (Å²) >= 11 is 0. The highest BCUT2D eigenvalue weighted by molar-refractivity contribution is 5.93. The Kier molecular flexibility index (Phi) is 5.27. The van der Waals surface area contributed by atoms with Crippen LogP contribution in [0.3, 0.4) is 0 Å². The Bertz CT molecular complexity index is 698. The van der Waals surface area contributed by atoms with Gasteiger partial charge in [-0.25, -0.2) is 0 Å². The van der Waals surface area contributed by atoms with Crippen LogP contribution in [0.1, 0.15) is 16.8 Å². The first kappa shape index (κ1) is 16.7. The molecule has 1 unspecified atom stereocenters. The molecule has 1 atom stereocenters. The van der Waals surface area contributed by atoms with Gasteiger partial charge in [-0.15, -0.1) is 0 Å². The third kappa shape index (κ3) is 4.21. The predicted octanol–water partition coefficient (Wildman–Crippen LogP) is 1.77. The number of aryl methyl sites for hydroxylation is 3. The zero-order valence-corrected chi connectivity index (χ0v) is 14.2. The van der Waals surface area contributed by atoms with Crippen LogP contribution < -0.4 is 5.32 Å². The molecule has 2 aromatic rings. The number of likely N-dealkylation sites (N-methyl/N-ethyl adjacent to an activating group) is 1. The van der Waals surface area contributed by atoms with Gasteiger partial charge in [-0.1, -0.05) is 24.3 Å². The van der Waals surface area contributed by atoms with Crippen molar-refractivity contribution in [2.24, 2.45) is 0 Å². The number of hydrogen-bond donors (Lipinski definition) is 2. The highest BCUT2D eigenvalue weighted by Gasteiger charge is 2.25. The van der Waals surface area contributed by atoms with Crippen LogP contribution in [0.15, 0.2) is 30.3 Å². The van der Waals surface area contributed by atoms with E-state index in [9.17, 15) is 4.79 Å². The molecule has 1 saturated heterocycles. The molecule has 6 heteroatoms. The van der Waals surface area contributed by atoms with Crippen molar-refractivity contribution in [2.75, 3.05) is 32.1 Å². The Morgan fingerprint density at radius 2 is 2.25 bits per heavy atom.